The van der Waals surface area contributed by atoms with E-state index in [0.717, 1.165) is 54.0 Å². The first-order chi connectivity index (χ1) is 33.0. The zero-order valence-corrected chi connectivity index (χ0v) is 42.3. The highest BCUT2D eigenvalue weighted by atomic mass is 35.5. The Morgan fingerprint density at radius 2 is 1.57 bits per heavy atom. The fraction of sp³-hybridized carbons (Fsp3) is 0.469. The second kappa shape index (κ2) is 23.0. The van der Waals surface area contributed by atoms with E-state index in [-0.39, 0.29) is 78.1 Å². The van der Waals surface area contributed by atoms with Crippen molar-refractivity contribution in [3.8, 4) is 15.4 Å². The highest BCUT2D eigenvalue weighted by molar-refractivity contribution is 7.15. The first-order valence-electron chi connectivity index (χ1n) is 22.8. The molecule has 4 atom stereocenters. The Kier molecular flexibility index (Phi) is 17.2. The van der Waals surface area contributed by atoms with Crippen LogP contribution in [0.15, 0.2) is 59.0 Å². The van der Waals surface area contributed by atoms with E-state index >= 15 is 0 Å². The molecule has 7 rings (SSSR count). The van der Waals surface area contributed by atoms with E-state index < -0.39 is 47.4 Å². The van der Waals surface area contributed by atoms with Gasteiger partial charge >= 0.3 is 5.97 Å². The molecule has 2 aliphatic rings. The van der Waals surface area contributed by atoms with Crippen molar-refractivity contribution in [3.05, 3.63) is 104 Å². The summed E-state index contributed by atoms with van der Waals surface area (Å²) >= 11 is 9.42. The van der Waals surface area contributed by atoms with Gasteiger partial charge in [-0.1, -0.05) is 68.8 Å². The maximum Gasteiger partial charge on any atom is 0.308 e. The van der Waals surface area contributed by atoms with Gasteiger partial charge < -0.3 is 39.6 Å². The van der Waals surface area contributed by atoms with Crippen LogP contribution in [-0.4, -0.2) is 130 Å². The van der Waals surface area contributed by atoms with Gasteiger partial charge in [-0.05, 0) is 61.9 Å². The summed E-state index contributed by atoms with van der Waals surface area (Å²) < 4.78 is 24.3. The smallest absolute Gasteiger partial charge is 0.308 e. The Balaban J connectivity index is 0.797. The first-order valence-corrected chi connectivity index (χ1v) is 24.9. The van der Waals surface area contributed by atoms with E-state index in [0.29, 0.717) is 16.7 Å². The monoisotopic (exact) mass is 1000 g/mol. The molecule has 5 heterocycles. The molecule has 0 aliphatic carbocycles. The number of thiazole rings is 1. The molecule has 368 valence electrons. The largest absolute Gasteiger partial charge is 0.463 e. The van der Waals surface area contributed by atoms with E-state index in [9.17, 15) is 24.3 Å². The van der Waals surface area contributed by atoms with Crippen molar-refractivity contribution in [2.24, 2.45) is 10.4 Å². The minimum Gasteiger partial charge on any atom is -0.463 e. The van der Waals surface area contributed by atoms with Gasteiger partial charge in [-0.15, -0.1) is 32.9 Å². The van der Waals surface area contributed by atoms with E-state index in [2.05, 4.69) is 39.7 Å². The molecule has 17 nitrogen and oxygen atoms in total. The Bertz CT molecular complexity index is 2640. The highest BCUT2D eigenvalue weighted by Gasteiger charge is 2.44. The van der Waals surface area contributed by atoms with Gasteiger partial charge in [0.05, 0.1) is 67.4 Å². The molecule has 0 saturated carbocycles. The number of hydrogen-bond donors (Lipinski definition) is 3. The van der Waals surface area contributed by atoms with Crippen molar-refractivity contribution in [1.82, 2.24) is 35.3 Å². The van der Waals surface area contributed by atoms with E-state index in [1.54, 1.807) is 28.2 Å². The Morgan fingerprint density at radius 3 is 2.23 bits per heavy atom. The molecule has 3 amide bonds. The third-order valence-electron chi connectivity index (χ3n) is 11.9. The second-order valence-corrected chi connectivity index (χ2v) is 20.5. The number of ether oxygens (including phenoxy) is 4. The lowest BCUT2D eigenvalue weighted by Crippen LogP contribution is -2.58. The Morgan fingerprint density at radius 1 is 0.899 bits per heavy atom. The van der Waals surface area contributed by atoms with E-state index in [1.165, 1.54) is 4.90 Å². The number of β-amino-alcohol motifs (C(OH)–C–C–N with tert-alkyl or cyclic N) is 1. The standard InChI is InChI=1S/C49H59ClN8O9S2/c1-28-30(3)69-48-41(28)42(33-12-14-35(50)15-13-33)53-37(45-56-55-31(4)58(45)48)23-40(61)67-21-20-65-17-16-64-18-19-66-26-39(60)54-44(49(5,6)7)47(63)57-25-36(59)22-38(57)46(62)51-24-32-8-10-34(11-9-32)43-29(2)52-27-68-43/h8-15,27,36-38,44,59H,16-26H2,1-7H3,(H,51,62)(H,54,60). The normalized spacial score (nSPS) is 17.1. The number of rotatable bonds is 20. The molecule has 20 heteroatoms. The summed E-state index contributed by atoms with van der Waals surface area (Å²) in [5.74, 6) is -0.556. The van der Waals surface area contributed by atoms with Gasteiger partial charge in [0, 0.05) is 40.5 Å². The van der Waals surface area contributed by atoms with Crippen molar-refractivity contribution in [3.63, 3.8) is 0 Å². The zero-order valence-electron chi connectivity index (χ0n) is 39.9. The molecule has 4 unspecified atom stereocenters. The number of esters is 1. The summed E-state index contributed by atoms with van der Waals surface area (Å²) in [4.78, 5) is 66.6. The van der Waals surface area contributed by atoms with Gasteiger partial charge in [-0.3, -0.25) is 28.7 Å². The number of aryl methyl sites for hydroxylation is 3. The molecular weight excluding hydrogens is 944 g/mol. The van der Waals surface area contributed by atoms with Crippen LogP contribution < -0.4 is 10.6 Å². The van der Waals surface area contributed by atoms with Crippen molar-refractivity contribution in [1.29, 1.82) is 0 Å². The lowest BCUT2D eigenvalue weighted by molar-refractivity contribution is -0.145. The van der Waals surface area contributed by atoms with Crippen LogP contribution in [0.4, 0.5) is 0 Å². The van der Waals surface area contributed by atoms with Crippen LogP contribution in [0, 0.1) is 33.1 Å². The molecular formula is C49H59ClN8O9S2. The van der Waals surface area contributed by atoms with Crippen LogP contribution in [0.5, 0.6) is 0 Å². The number of fused-ring (bicyclic) bond motifs is 3. The van der Waals surface area contributed by atoms with E-state index in [4.69, 9.17) is 35.5 Å². The Labute approximate surface area is 414 Å². The molecule has 5 aromatic rings. The molecule has 3 aromatic heterocycles. The van der Waals surface area contributed by atoms with Crippen LogP contribution in [-0.2, 0) is 44.7 Å². The summed E-state index contributed by atoms with van der Waals surface area (Å²) in [7, 11) is 0. The second-order valence-electron chi connectivity index (χ2n) is 18.1. The highest BCUT2D eigenvalue weighted by Crippen LogP contribution is 2.40. The van der Waals surface area contributed by atoms with Crippen LogP contribution >= 0.6 is 34.3 Å². The predicted molar refractivity (Wildman–Crippen MR) is 263 cm³/mol. The van der Waals surface area contributed by atoms with Crippen molar-refractivity contribution < 1.29 is 43.2 Å². The number of aliphatic imine (C=N–C) groups is 1. The van der Waals surface area contributed by atoms with Crippen molar-refractivity contribution >= 4 is 63.7 Å². The topological polar surface area (TPSA) is 209 Å². The number of thiophene rings is 1. The molecule has 0 spiro atoms. The average Bonchev–Trinajstić information content (AvgIpc) is 4.08. The molecule has 3 N–H and O–H groups in total. The number of benzene rings is 2. The number of nitrogens with zero attached hydrogens (tertiary/aromatic N) is 6. The molecule has 2 aliphatic heterocycles. The van der Waals surface area contributed by atoms with Crippen LogP contribution in [0.25, 0.3) is 15.4 Å². The van der Waals surface area contributed by atoms with Crippen LogP contribution in [0.3, 0.4) is 0 Å². The number of aliphatic hydroxyl groups excluding tert-OH is 1. The summed E-state index contributed by atoms with van der Waals surface area (Å²) in [6.07, 6.45) is -0.854. The number of carbonyl (C=O) groups excluding carboxylic acids is 4. The van der Waals surface area contributed by atoms with Crippen molar-refractivity contribution in [2.45, 2.75) is 92.1 Å². The van der Waals surface area contributed by atoms with Gasteiger partial charge in [0.1, 0.15) is 42.2 Å². The number of nitrogens with one attached hydrogen (secondary N) is 2. The number of amides is 3. The lowest BCUT2D eigenvalue weighted by Gasteiger charge is -2.35. The number of carbonyl (C=O) groups is 4. The third-order valence-corrected chi connectivity index (χ3v) is 14.3. The molecule has 1 fully saturated rings. The number of halogens is 1. The van der Waals surface area contributed by atoms with E-state index in [1.807, 2.05) is 87.7 Å². The number of aromatic nitrogens is 4. The lowest BCUT2D eigenvalue weighted by atomic mass is 9.85. The van der Waals surface area contributed by atoms with Crippen LogP contribution in [0.1, 0.15) is 84.1 Å². The minimum atomic E-state index is -0.989. The fourth-order valence-corrected chi connectivity index (χ4v) is 10.3. The quantitative estimate of drug-likeness (QED) is 0.0604. The van der Waals surface area contributed by atoms with Gasteiger partial charge in [-0.25, -0.2) is 4.98 Å². The van der Waals surface area contributed by atoms with Crippen LogP contribution in [0.2, 0.25) is 5.02 Å². The van der Waals surface area contributed by atoms with Gasteiger partial charge in [-0.2, -0.15) is 0 Å². The summed E-state index contributed by atoms with van der Waals surface area (Å²) in [5, 5.41) is 26.6. The molecule has 0 radical (unpaired) electrons. The summed E-state index contributed by atoms with van der Waals surface area (Å²) in [6.45, 7) is 14.3. The zero-order chi connectivity index (χ0) is 49.4. The number of aliphatic hydroxyl groups is 1. The molecule has 69 heavy (non-hydrogen) atoms. The fourth-order valence-electron chi connectivity index (χ4n) is 8.15. The minimum absolute atomic E-state index is 0.0310. The maximum absolute atomic E-state index is 14.0. The van der Waals surface area contributed by atoms with Gasteiger partial charge in [0.2, 0.25) is 17.7 Å². The Hall–Kier alpha value is -5.41. The predicted octanol–water partition coefficient (Wildman–Crippen LogP) is 6.02. The molecule has 1 saturated heterocycles. The van der Waals surface area contributed by atoms with Gasteiger partial charge in [0.15, 0.2) is 5.82 Å². The summed E-state index contributed by atoms with van der Waals surface area (Å²) in [5.41, 5.74) is 7.66. The molecule has 0 bridgehead atoms. The first kappa shape index (κ1) is 51.4. The number of hydrogen-bond acceptors (Lipinski definition) is 15. The number of likely N-dealkylation sites (tertiary alicyclic amines) is 1. The SMILES string of the molecule is Cc1ncsc1-c1ccc(CNC(=O)C2CC(O)CN2C(=O)C(NC(=O)COCCOCCOCCOC(=O)CC2N=C(c3ccc(Cl)cc3)c3c(sc(C)c3C)-n3c(C)nnc32)C(C)(C)C)cc1. The molecule has 2 aromatic carbocycles. The van der Waals surface area contributed by atoms with Crippen molar-refractivity contribution in [2.75, 3.05) is 52.8 Å². The summed E-state index contributed by atoms with van der Waals surface area (Å²) in [6, 6.07) is 12.8. The third kappa shape index (κ3) is 12.7. The maximum atomic E-state index is 14.0. The average molecular weight is 1000 g/mol. The van der Waals surface area contributed by atoms with Gasteiger partial charge in [0.25, 0.3) is 0 Å².